The SMILES string of the molecule is c1ccc(-c2cc(-c3cnc4ccccc4c3)nc(-c3ccc(-c4nc(-c5cccc6c5sc5ccccc56)c5sc6ccccc6c5n4)cc3)n2)cc1. The summed E-state index contributed by atoms with van der Waals surface area (Å²) >= 11 is 3.59. The molecule has 0 aliphatic carbocycles. The van der Waals surface area contributed by atoms with E-state index in [0.29, 0.717) is 11.6 Å². The number of para-hydroxylation sites is 1. The molecule has 6 aromatic carbocycles. The Bertz CT molecular complexity index is 3220. The van der Waals surface area contributed by atoms with Gasteiger partial charge >= 0.3 is 0 Å². The maximum absolute atomic E-state index is 5.36. The third-order valence-electron chi connectivity index (χ3n) is 9.96. The molecule has 5 heterocycles. The van der Waals surface area contributed by atoms with Gasteiger partial charge in [-0.1, -0.05) is 127 Å². The first-order valence-corrected chi connectivity index (χ1v) is 19.4. The minimum Gasteiger partial charge on any atom is -0.256 e. The van der Waals surface area contributed by atoms with Crippen LogP contribution in [0.5, 0.6) is 0 Å². The smallest absolute Gasteiger partial charge is 0.160 e. The predicted octanol–water partition coefficient (Wildman–Crippen LogP) is 12.9. The Labute approximate surface area is 318 Å². The van der Waals surface area contributed by atoms with Crippen molar-refractivity contribution in [2.45, 2.75) is 0 Å². The van der Waals surface area contributed by atoms with Crippen LogP contribution in [0.4, 0.5) is 0 Å². The van der Waals surface area contributed by atoms with E-state index < -0.39 is 0 Å². The van der Waals surface area contributed by atoms with Crippen molar-refractivity contribution in [3.63, 3.8) is 0 Å². The van der Waals surface area contributed by atoms with Gasteiger partial charge in [-0.25, -0.2) is 19.9 Å². The van der Waals surface area contributed by atoms with Crippen LogP contribution in [-0.2, 0) is 0 Å². The van der Waals surface area contributed by atoms with Crippen LogP contribution in [0.25, 0.3) is 108 Å². The number of rotatable bonds is 5. The number of hydrogen-bond acceptors (Lipinski definition) is 7. The van der Waals surface area contributed by atoms with Crippen molar-refractivity contribution in [1.82, 2.24) is 24.9 Å². The van der Waals surface area contributed by atoms with E-state index in [4.69, 9.17) is 24.9 Å². The Hall–Kier alpha value is -6.67. The number of fused-ring (bicyclic) bond motifs is 7. The maximum Gasteiger partial charge on any atom is 0.160 e. The summed E-state index contributed by atoms with van der Waals surface area (Å²) in [7, 11) is 0. The van der Waals surface area contributed by atoms with E-state index in [-0.39, 0.29) is 0 Å². The molecule has 0 amide bonds. The van der Waals surface area contributed by atoms with Crippen molar-refractivity contribution in [3.8, 4) is 56.5 Å². The van der Waals surface area contributed by atoms with Crippen LogP contribution in [0.1, 0.15) is 0 Å². The minimum atomic E-state index is 0.642. The molecule has 11 rings (SSSR count). The number of hydrogen-bond donors (Lipinski definition) is 0. The third-order valence-corrected chi connectivity index (χ3v) is 12.3. The molecular weight excluding hydrogens is 699 g/mol. The maximum atomic E-state index is 5.36. The lowest BCUT2D eigenvalue weighted by molar-refractivity contribution is 1.18. The van der Waals surface area contributed by atoms with Gasteiger partial charge in [0.2, 0.25) is 0 Å². The largest absolute Gasteiger partial charge is 0.256 e. The fourth-order valence-electron chi connectivity index (χ4n) is 7.30. The number of nitrogens with zero attached hydrogens (tertiary/aromatic N) is 5. The number of benzene rings is 6. The molecule has 11 aromatic rings. The highest BCUT2D eigenvalue weighted by Gasteiger charge is 2.20. The lowest BCUT2D eigenvalue weighted by Crippen LogP contribution is -1.97. The molecule has 0 radical (unpaired) electrons. The van der Waals surface area contributed by atoms with Gasteiger partial charge in [-0.05, 0) is 30.3 Å². The summed E-state index contributed by atoms with van der Waals surface area (Å²) in [4.78, 5) is 25.5. The second kappa shape index (κ2) is 12.5. The molecule has 252 valence electrons. The topological polar surface area (TPSA) is 64.5 Å². The van der Waals surface area contributed by atoms with Gasteiger partial charge in [0.15, 0.2) is 11.6 Å². The molecule has 0 aliphatic heterocycles. The van der Waals surface area contributed by atoms with Gasteiger partial charge in [-0.3, -0.25) is 4.98 Å². The molecular formula is C47H27N5S2. The summed E-state index contributed by atoms with van der Waals surface area (Å²) in [6, 6.07) is 54.6. The van der Waals surface area contributed by atoms with E-state index in [1.54, 1.807) is 11.3 Å². The normalized spacial score (nSPS) is 11.7. The van der Waals surface area contributed by atoms with E-state index in [1.807, 2.05) is 60.0 Å². The summed E-state index contributed by atoms with van der Waals surface area (Å²) in [6.07, 6.45) is 1.89. The molecule has 5 nitrogen and oxygen atoms in total. The van der Waals surface area contributed by atoms with E-state index >= 15 is 0 Å². The Morgan fingerprint density at radius 2 is 1.04 bits per heavy atom. The van der Waals surface area contributed by atoms with Gasteiger partial charge in [0.1, 0.15) is 0 Å². The lowest BCUT2D eigenvalue weighted by atomic mass is 10.0. The molecule has 0 fully saturated rings. The van der Waals surface area contributed by atoms with Crippen LogP contribution in [0.15, 0.2) is 164 Å². The van der Waals surface area contributed by atoms with Gasteiger partial charge in [0.25, 0.3) is 0 Å². The zero-order valence-electron chi connectivity index (χ0n) is 28.6. The highest BCUT2D eigenvalue weighted by Crippen LogP contribution is 2.44. The van der Waals surface area contributed by atoms with E-state index in [1.165, 1.54) is 24.9 Å². The van der Waals surface area contributed by atoms with Crippen LogP contribution >= 0.6 is 22.7 Å². The summed E-state index contributed by atoms with van der Waals surface area (Å²) in [5.41, 5.74) is 9.50. The first kappa shape index (κ1) is 30.9. The van der Waals surface area contributed by atoms with Crippen LogP contribution < -0.4 is 0 Å². The fourth-order valence-corrected chi connectivity index (χ4v) is 9.66. The molecule has 0 N–H and O–H groups in total. The van der Waals surface area contributed by atoms with Gasteiger partial charge in [-0.2, -0.15) is 0 Å². The highest BCUT2D eigenvalue weighted by atomic mass is 32.1. The van der Waals surface area contributed by atoms with Crippen LogP contribution in [-0.4, -0.2) is 24.9 Å². The minimum absolute atomic E-state index is 0.642. The summed E-state index contributed by atoms with van der Waals surface area (Å²) in [5.74, 6) is 1.33. The van der Waals surface area contributed by atoms with Crippen LogP contribution in [0.2, 0.25) is 0 Å². The third kappa shape index (κ3) is 5.16. The zero-order chi connectivity index (χ0) is 35.6. The molecule has 0 bridgehead atoms. The van der Waals surface area contributed by atoms with Gasteiger partial charge in [-0.15, -0.1) is 22.7 Å². The lowest BCUT2D eigenvalue weighted by Gasteiger charge is -2.11. The number of aromatic nitrogens is 5. The molecule has 0 spiro atoms. The van der Waals surface area contributed by atoms with E-state index in [2.05, 4.69) is 115 Å². The van der Waals surface area contributed by atoms with Gasteiger partial charge in [0, 0.05) is 69.7 Å². The molecule has 7 heteroatoms. The monoisotopic (exact) mass is 725 g/mol. The van der Waals surface area contributed by atoms with Crippen LogP contribution in [0.3, 0.4) is 0 Å². The second-order valence-corrected chi connectivity index (χ2v) is 15.4. The average molecular weight is 726 g/mol. The van der Waals surface area contributed by atoms with E-state index in [0.717, 1.165) is 71.4 Å². The van der Waals surface area contributed by atoms with Crippen molar-refractivity contribution in [3.05, 3.63) is 164 Å². The first-order valence-electron chi connectivity index (χ1n) is 17.7. The first-order chi connectivity index (χ1) is 26.7. The van der Waals surface area contributed by atoms with E-state index in [9.17, 15) is 0 Å². The van der Waals surface area contributed by atoms with Crippen LogP contribution in [0, 0.1) is 0 Å². The summed E-state index contributed by atoms with van der Waals surface area (Å²) in [5, 5.41) is 4.74. The number of pyridine rings is 1. The standard InChI is InChI=1S/C47H27N5S2/c1-2-11-28(12-3-1)38-26-39(32-25-31-13-4-7-18-37(31)48-27-32)50-46(49-38)29-21-23-30(24-22-29)47-51-42-35-15-6-9-20-41(35)54-45(42)43(52-47)36-17-10-16-34-33-14-5-8-19-40(33)53-44(34)36/h1-27H. The second-order valence-electron chi connectivity index (χ2n) is 13.3. The van der Waals surface area contributed by atoms with Crippen molar-refractivity contribution in [1.29, 1.82) is 0 Å². The average Bonchev–Trinajstić information content (AvgIpc) is 3.82. The Kier molecular flexibility index (Phi) is 7.15. The Morgan fingerprint density at radius 1 is 0.407 bits per heavy atom. The predicted molar refractivity (Wildman–Crippen MR) is 226 cm³/mol. The molecule has 0 saturated carbocycles. The quantitative estimate of drug-likeness (QED) is 0.177. The van der Waals surface area contributed by atoms with Crippen molar-refractivity contribution >= 4 is 74.1 Å². The van der Waals surface area contributed by atoms with Crippen molar-refractivity contribution in [2.75, 3.05) is 0 Å². The molecule has 0 aliphatic rings. The fraction of sp³-hybridized carbons (Fsp3) is 0. The highest BCUT2D eigenvalue weighted by molar-refractivity contribution is 7.27. The molecule has 0 atom stereocenters. The van der Waals surface area contributed by atoms with Crippen molar-refractivity contribution in [2.24, 2.45) is 0 Å². The number of thiophene rings is 2. The Balaban J connectivity index is 1.06. The molecule has 0 unspecified atom stereocenters. The van der Waals surface area contributed by atoms with Gasteiger partial charge < -0.3 is 0 Å². The Morgan fingerprint density at radius 3 is 1.85 bits per heavy atom. The van der Waals surface area contributed by atoms with Crippen molar-refractivity contribution < 1.29 is 0 Å². The molecule has 54 heavy (non-hydrogen) atoms. The zero-order valence-corrected chi connectivity index (χ0v) is 30.3. The summed E-state index contributed by atoms with van der Waals surface area (Å²) in [6.45, 7) is 0. The molecule has 5 aromatic heterocycles. The summed E-state index contributed by atoms with van der Waals surface area (Å²) < 4.78 is 4.82. The molecule has 0 saturated heterocycles. The van der Waals surface area contributed by atoms with Gasteiger partial charge in [0.05, 0.1) is 32.8 Å².